The van der Waals surface area contributed by atoms with Crippen molar-refractivity contribution in [2.45, 2.75) is 19.4 Å². The normalized spacial score (nSPS) is 16.5. The number of hydrogen-bond donors (Lipinski definition) is 1. The van der Waals surface area contributed by atoms with Crippen LogP contribution < -0.4 is 15.4 Å². The minimum Gasteiger partial charge on any atom is -0.481 e. The first-order chi connectivity index (χ1) is 12.5. The minimum absolute atomic E-state index is 0.183. The first kappa shape index (κ1) is 18.9. The number of rotatable bonds is 5. The maximum Gasteiger partial charge on any atom is 0.230 e. The third-order valence-corrected chi connectivity index (χ3v) is 4.81. The van der Waals surface area contributed by atoms with Crippen LogP contribution in [0.5, 0.6) is 5.75 Å². The van der Waals surface area contributed by atoms with Gasteiger partial charge < -0.3 is 20.3 Å². The molecule has 1 aromatic heterocycles. The summed E-state index contributed by atoms with van der Waals surface area (Å²) in [6.07, 6.45) is 0.247. The highest BCUT2D eigenvalue weighted by Gasteiger charge is 2.22. The molecule has 0 aliphatic carbocycles. The molecule has 3 rings (SSSR count). The summed E-state index contributed by atoms with van der Waals surface area (Å²) in [4.78, 5) is 17.6. The summed E-state index contributed by atoms with van der Waals surface area (Å²) >= 11 is 12.3. The van der Waals surface area contributed by atoms with E-state index in [-0.39, 0.29) is 5.95 Å². The van der Waals surface area contributed by atoms with E-state index < -0.39 is 6.10 Å². The Labute approximate surface area is 163 Å². The van der Waals surface area contributed by atoms with E-state index in [0.29, 0.717) is 34.0 Å². The lowest BCUT2D eigenvalue weighted by molar-refractivity contribution is 0.191. The second kappa shape index (κ2) is 8.24. The summed E-state index contributed by atoms with van der Waals surface area (Å²) in [7, 11) is 2.10. The van der Waals surface area contributed by atoms with Gasteiger partial charge >= 0.3 is 0 Å². The lowest BCUT2D eigenvalue weighted by Crippen LogP contribution is -2.45. The van der Waals surface area contributed by atoms with Crippen molar-refractivity contribution in [2.75, 3.05) is 43.9 Å². The monoisotopic (exact) mass is 396 g/mol. The van der Waals surface area contributed by atoms with E-state index in [1.165, 1.54) is 0 Å². The Morgan fingerprint density at radius 3 is 2.58 bits per heavy atom. The molecule has 1 aromatic carbocycles. The summed E-state index contributed by atoms with van der Waals surface area (Å²) in [5, 5.41) is 1.03. The summed E-state index contributed by atoms with van der Waals surface area (Å²) in [6, 6.07) is 5.09. The van der Waals surface area contributed by atoms with E-state index in [2.05, 4.69) is 31.8 Å². The van der Waals surface area contributed by atoms with Crippen molar-refractivity contribution in [3.63, 3.8) is 0 Å². The molecule has 1 aliphatic rings. The highest BCUT2D eigenvalue weighted by atomic mass is 35.5. The molecular formula is C17H22Cl2N6O. The van der Waals surface area contributed by atoms with Crippen LogP contribution in [0.15, 0.2) is 18.2 Å². The second-order valence-corrected chi connectivity index (χ2v) is 7.08. The molecule has 1 fully saturated rings. The van der Waals surface area contributed by atoms with E-state index >= 15 is 0 Å². The predicted octanol–water partition coefficient (Wildman–Crippen LogP) is 3.04. The fourth-order valence-corrected chi connectivity index (χ4v) is 3.05. The Bertz CT molecular complexity index is 767. The molecule has 1 aliphatic heterocycles. The maximum absolute atomic E-state index is 6.21. The van der Waals surface area contributed by atoms with Gasteiger partial charge in [-0.15, -0.1) is 0 Å². The zero-order chi connectivity index (χ0) is 18.7. The van der Waals surface area contributed by atoms with Crippen LogP contribution in [0.1, 0.15) is 25.3 Å². The van der Waals surface area contributed by atoms with Gasteiger partial charge in [0.25, 0.3) is 0 Å². The number of aromatic nitrogens is 3. The number of ether oxygens (including phenoxy) is 1. The van der Waals surface area contributed by atoms with Gasteiger partial charge in [0.15, 0.2) is 11.9 Å². The van der Waals surface area contributed by atoms with Crippen LogP contribution in [-0.2, 0) is 0 Å². The lowest BCUT2D eigenvalue weighted by Gasteiger charge is -2.32. The third kappa shape index (κ3) is 4.47. The van der Waals surface area contributed by atoms with Crippen LogP contribution in [0.3, 0.4) is 0 Å². The molecule has 0 bridgehead atoms. The first-order valence-corrected chi connectivity index (χ1v) is 9.28. The first-order valence-electron chi connectivity index (χ1n) is 8.53. The molecule has 0 spiro atoms. The molecule has 140 valence electrons. The lowest BCUT2D eigenvalue weighted by atomic mass is 10.2. The van der Waals surface area contributed by atoms with Gasteiger partial charge in [0, 0.05) is 37.3 Å². The number of halogens is 2. The van der Waals surface area contributed by atoms with E-state index in [1.807, 2.05) is 6.92 Å². The zero-order valence-electron chi connectivity index (χ0n) is 14.8. The summed E-state index contributed by atoms with van der Waals surface area (Å²) in [6.45, 7) is 5.58. The van der Waals surface area contributed by atoms with E-state index in [1.54, 1.807) is 18.2 Å². The number of nitrogens with two attached hydrogens (primary N) is 1. The fraction of sp³-hybridized carbons (Fsp3) is 0.471. The number of likely N-dealkylation sites (N-methyl/N-ethyl adjacent to an activating group) is 1. The molecule has 0 saturated carbocycles. The van der Waals surface area contributed by atoms with Crippen molar-refractivity contribution in [3.05, 3.63) is 34.1 Å². The van der Waals surface area contributed by atoms with Crippen LogP contribution in [-0.4, -0.2) is 53.1 Å². The van der Waals surface area contributed by atoms with Crippen molar-refractivity contribution >= 4 is 35.1 Å². The highest BCUT2D eigenvalue weighted by molar-refractivity contribution is 6.34. The number of nitrogen functional groups attached to an aromatic ring is 1. The number of hydrogen-bond acceptors (Lipinski definition) is 7. The van der Waals surface area contributed by atoms with Crippen LogP contribution >= 0.6 is 23.2 Å². The molecule has 2 heterocycles. The number of anilines is 2. The quantitative estimate of drug-likeness (QED) is 0.831. The molecular weight excluding hydrogens is 375 g/mol. The summed E-state index contributed by atoms with van der Waals surface area (Å²) in [5.74, 6) is 1.75. The van der Waals surface area contributed by atoms with Crippen LogP contribution in [0.4, 0.5) is 11.9 Å². The Kier molecular flexibility index (Phi) is 6.01. The van der Waals surface area contributed by atoms with Crippen LogP contribution in [0, 0.1) is 0 Å². The largest absolute Gasteiger partial charge is 0.481 e. The number of nitrogens with zero attached hydrogens (tertiary/aromatic N) is 5. The molecule has 9 heteroatoms. The van der Waals surface area contributed by atoms with Crippen LogP contribution in [0.2, 0.25) is 10.0 Å². The molecule has 1 unspecified atom stereocenters. The highest BCUT2D eigenvalue weighted by Crippen LogP contribution is 2.32. The Balaban J connectivity index is 1.85. The second-order valence-electron chi connectivity index (χ2n) is 6.23. The smallest absolute Gasteiger partial charge is 0.230 e. The molecule has 7 nitrogen and oxygen atoms in total. The Hall–Kier alpha value is -1.83. The fourth-order valence-electron chi connectivity index (χ4n) is 2.73. The minimum atomic E-state index is -0.400. The molecule has 1 saturated heterocycles. The summed E-state index contributed by atoms with van der Waals surface area (Å²) < 4.78 is 6.02. The molecule has 0 radical (unpaired) electrons. The molecule has 0 amide bonds. The molecule has 2 N–H and O–H groups in total. The van der Waals surface area contributed by atoms with Crippen molar-refractivity contribution < 1.29 is 4.74 Å². The van der Waals surface area contributed by atoms with Gasteiger partial charge in [-0.05, 0) is 25.6 Å². The topological polar surface area (TPSA) is 80.4 Å². The predicted molar refractivity (Wildman–Crippen MR) is 104 cm³/mol. The van der Waals surface area contributed by atoms with Crippen molar-refractivity contribution in [1.82, 2.24) is 19.9 Å². The zero-order valence-corrected chi connectivity index (χ0v) is 16.3. The van der Waals surface area contributed by atoms with Gasteiger partial charge in [-0.3, -0.25) is 0 Å². The summed E-state index contributed by atoms with van der Waals surface area (Å²) in [5.41, 5.74) is 5.93. The average molecular weight is 397 g/mol. The van der Waals surface area contributed by atoms with Crippen molar-refractivity contribution in [1.29, 1.82) is 0 Å². The van der Waals surface area contributed by atoms with E-state index in [4.69, 9.17) is 33.7 Å². The SMILES string of the molecule is CCC(Oc1cc(Cl)ccc1Cl)c1nc(N)nc(N2CCN(C)CC2)n1. The van der Waals surface area contributed by atoms with Gasteiger partial charge in [-0.25, -0.2) is 0 Å². The van der Waals surface area contributed by atoms with Crippen molar-refractivity contribution in [2.24, 2.45) is 0 Å². The van der Waals surface area contributed by atoms with Gasteiger partial charge in [-0.1, -0.05) is 30.1 Å². The average Bonchev–Trinajstić information content (AvgIpc) is 2.62. The van der Waals surface area contributed by atoms with Gasteiger partial charge in [-0.2, -0.15) is 15.0 Å². The van der Waals surface area contributed by atoms with Crippen molar-refractivity contribution in [3.8, 4) is 5.75 Å². The maximum atomic E-state index is 6.21. The molecule has 26 heavy (non-hydrogen) atoms. The van der Waals surface area contributed by atoms with Gasteiger partial charge in [0.05, 0.1) is 5.02 Å². The van der Waals surface area contributed by atoms with E-state index in [9.17, 15) is 0 Å². The standard InChI is InChI=1S/C17H22Cl2N6O/c1-3-13(26-14-10-11(18)4-5-12(14)19)15-21-16(20)23-17(22-15)25-8-6-24(2)7-9-25/h4-5,10,13H,3,6-9H2,1-2H3,(H2,20,21,22,23). The van der Waals surface area contributed by atoms with Gasteiger partial charge in [0.2, 0.25) is 11.9 Å². The Morgan fingerprint density at radius 2 is 1.88 bits per heavy atom. The van der Waals surface area contributed by atoms with E-state index in [0.717, 1.165) is 26.2 Å². The number of piperazine rings is 1. The molecule has 1 atom stereocenters. The van der Waals surface area contributed by atoms with Crippen LogP contribution in [0.25, 0.3) is 0 Å². The molecule has 2 aromatic rings. The number of benzene rings is 1. The third-order valence-electron chi connectivity index (χ3n) is 4.27. The van der Waals surface area contributed by atoms with Gasteiger partial charge in [0.1, 0.15) is 5.75 Å². The Morgan fingerprint density at radius 1 is 1.15 bits per heavy atom.